The van der Waals surface area contributed by atoms with Gasteiger partial charge in [0, 0.05) is 19.6 Å². The second-order valence-electron chi connectivity index (χ2n) is 8.16. The summed E-state index contributed by atoms with van der Waals surface area (Å²) in [5.41, 5.74) is 5.52. The molecule has 1 unspecified atom stereocenters. The van der Waals surface area contributed by atoms with E-state index in [4.69, 9.17) is 4.74 Å². The lowest BCUT2D eigenvalue weighted by molar-refractivity contribution is 0.227. The highest BCUT2D eigenvalue weighted by molar-refractivity contribution is 5.69. The third-order valence-corrected chi connectivity index (χ3v) is 5.94. The third kappa shape index (κ3) is 5.40. The number of ether oxygens (including phenoxy) is 1. The van der Waals surface area contributed by atoms with Gasteiger partial charge in [0.05, 0.1) is 7.11 Å². The lowest BCUT2D eigenvalue weighted by Gasteiger charge is -2.31. The summed E-state index contributed by atoms with van der Waals surface area (Å²) in [5.74, 6) is 1.47. The van der Waals surface area contributed by atoms with Crippen LogP contribution in [0, 0.1) is 5.92 Å². The highest BCUT2D eigenvalue weighted by Crippen LogP contribution is 2.35. The van der Waals surface area contributed by atoms with Crippen LogP contribution in [0.25, 0.3) is 5.57 Å². The molecule has 0 bridgehead atoms. The minimum Gasteiger partial charge on any atom is -0.497 e. The Morgan fingerprint density at radius 1 is 0.833 bits per heavy atom. The van der Waals surface area contributed by atoms with Crippen LogP contribution in [0.1, 0.15) is 36.0 Å². The molecule has 0 spiro atoms. The van der Waals surface area contributed by atoms with Gasteiger partial charge in [-0.1, -0.05) is 78.9 Å². The Kier molecular flexibility index (Phi) is 6.99. The topological polar surface area (TPSA) is 12.5 Å². The van der Waals surface area contributed by atoms with Gasteiger partial charge in [-0.15, -0.1) is 0 Å². The van der Waals surface area contributed by atoms with Gasteiger partial charge in [-0.3, -0.25) is 4.90 Å². The molecular weight excluding hydrogens is 366 g/mol. The lowest BCUT2D eigenvalue weighted by Crippen LogP contribution is -2.30. The molecule has 4 rings (SSSR count). The van der Waals surface area contributed by atoms with Gasteiger partial charge in [0.25, 0.3) is 0 Å². The number of benzene rings is 3. The molecule has 0 saturated carbocycles. The molecule has 1 aliphatic rings. The second-order valence-corrected chi connectivity index (χ2v) is 8.16. The summed E-state index contributed by atoms with van der Waals surface area (Å²) in [4.78, 5) is 2.61. The summed E-state index contributed by atoms with van der Waals surface area (Å²) >= 11 is 0. The normalized spacial score (nSPS) is 16.3. The number of hydrogen-bond acceptors (Lipinski definition) is 2. The van der Waals surface area contributed by atoms with E-state index in [-0.39, 0.29) is 0 Å². The van der Waals surface area contributed by atoms with Crippen LogP contribution in [-0.2, 0) is 13.1 Å². The van der Waals surface area contributed by atoms with E-state index in [2.05, 4.69) is 89.8 Å². The SMILES string of the molecule is COc1cccc(C2=CCCCC2CN(Cc2ccccc2)Cc2ccccc2)c1. The Balaban J connectivity index is 1.56. The molecule has 0 heterocycles. The van der Waals surface area contributed by atoms with Gasteiger partial charge < -0.3 is 4.74 Å². The van der Waals surface area contributed by atoms with Crippen molar-refractivity contribution in [3.8, 4) is 5.75 Å². The van der Waals surface area contributed by atoms with E-state index >= 15 is 0 Å². The van der Waals surface area contributed by atoms with Crippen LogP contribution in [0.2, 0.25) is 0 Å². The van der Waals surface area contributed by atoms with Crippen LogP contribution < -0.4 is 4.74 Å². The molecule has 154 valence electrons. The Bertz CT molecular complexity index is 907. The van der Waals surface area contributed by atoms with E-state index in [1.54, 1.807) is 7.11 Å². The average molecular weight is 398 g/mol. The second kappa shape index (κ2) is 10.3. The number of allylic oxidation sites excluding steroid dienone is 1. The van der Waals surface area contributed by atoms with Gasteiger partial charge >= 0.3 is 0 Å². The van der Waals surface area contributed by atoms with E-state index in [0.29, 0.717) is 5.92 Å². The van der Waals surface area contributed by atoms with E-state index < -0.39 is 0 Å². The van der Waals surface area contributed by atoms with Crippen molar-refractivity contribution in [1.82, 2.24) is 4.90 Å². The average Bonchev–Trinajstić information content (AvgIpc) is 2.81. The summed E-state index contributed by atoms with van der Waals surface area (Å²) in [6, 6.07) is 30.2. The van der Waals surface area contributed by atoms with Crippen LogP contribution >= 0.6 is 0 Å². The van der Waals surface area contributed by atoms with Crippen LogP contribution in [0.4, 0.5) is 0 Å². The molecule has 0 aliphatic heterocycles. The molecule has 0 radical (unpaired) electrons. The monoisotopic (exact) mass is 397 g/mol. The zero-order chi connectivity index (χ0) is 20.6. The molecule has 1 atom stereocenters. The van der Waals surface area contributed by atoms with Gasteiger partial charge in [0.2, 0.25) is 0 Å². The van der Waals surface area contributed by atoms with Crippen molar-refractivity contribution in [1.29, 1.82) is 0 Å². The smallest absolute Gasteiger partial charge is 0.119 e. The summed E-state index contributed by atoms with van der Waals surface area (Å²) in [6.07, 6.45) is 6.12. The highest BCUT2D eigenvalue weighted by atomic mass is 16.5. The van der Waals surface area contributed by atoms with Gasteiger partial charge in [-0.2, -0.15) is 0 Å². The summed E-state index contributed by atoms with van der Waals surface area (Å²) < 4.78 is 5.48. The van der Waals surface area contributed by atoms with Crippen molar-refractivity contribution in [2.24, 2.45) is 5.92 Å². The lowest BCUT2D eigenvalue weighted by atomic mass is 9.83. The molecule has 0 saturated heterocycles. The first-order valence-corrected chi connectivity index (χ1v) is 11.0. The molecule has 0 aromatic heterocycles. The maximum Gasteiger partial charge on any atom is 0.119 e. The molecule has 0 amide bonds. The highest BCUT2D eigenvalue weighted by Gasteiger charge is 2.22. The maximum atomic E-state index is 5.48. The Morgan fingerprint density at radius 3 is 2.13 bits per heavy atom. The number of hydrogen-bond donors (Lipinski definition) is 0. The number of methoxy groups -OCH3 is 1. The molecule has 1 aliphatic carbocycles. The fraction of sp³-hybridized carbons (Fsp3) is 0.286. The molecule has 3 aromatic rings. The van der Waals surface area contributed by atoms with Crippen molar-refractivity contribution in [2.75, 3.05) is 13.7 Å². The summed E-state index contributed by atoms with van der Waals surface area (Å²) in [6.45, 7) is 3.00. The van der Waals surface area contributed by atoms with Crippen LogP contribution in [-0.4, -0.2) is 18.6 Å². The number of rotatable bonds is 8. The van der Waals surface area contributed by atoms with Crippen LogP contribution in [0.5, 0.6) is 5.75 Å². The molecule has 2 nitrogen and oxygen atoms in total. The van der Waals surface area contributed by atoms with Crippen molar-refractivity contribution >= 4 is 5.57 Å². The molecule has 2 heteroatoms. The minimum atomic E-state index is 0.540. The fourth-order valence-corrected chi connectivity index (χ4v) is 4.47. The van der Waals surface area contributed by atoms with E-state index in [9.17, 15) is 0 Å². The molecule has 0 N–H and O–H groups in total. The summed E-state index contributed by atoms with van der Waals surface area (Å²) in [7, 11) is 1.74. The van der Waals surface area contributed by atoms with Gasteiger partial charge in [-0.25, -0.2) is 0 Å². The van der Waals surface area contributed by atoms with E-state index in [1.165, 1.54) is 41.5 Å². The minimum absolute atomic E-state index is 0.540. The van der Waals surface area contributed by atoms with Gasteiger partial charge in [0.1, 0.15) is 5.75 Å². The van der Waals surface area contributed by atoms with E-state index in [0.717, 1.165) is 25.4 Å². The van der Waals surface area contributed by atoms with Crippen LogP contribution in [0.3, 0.4) is 0 Å². The zero-order valence-corrected chi connectivity index (χ0v) is 17.8. The zero-order valence-electron chi connectivity index (χ0n) is 17.8. The standard InChI is InChI=1S/C28H31NO/c1-30-27-17-10-16-25(19-27)28-18-9-8-15-26(28)22-29(20-23-11-4-2-5-12-23)21-24-13-6-3-7-14-24/h2-7,10-14,16-19,26H,8-9,15,20-22H2,1H3. The molecule has 30 heavy (non-hydrogen) atoms. The maximum absolute atomic E-state index is 5.48. The first kappa shape index (κ1) is 20.4. The predicted molar refractivity (Wildman–Crippen MR) is 125 cm³/mol. The van der Waals surface area contributed by atoms with E-state index in [1.807, 2.05) is 6.07 Å². The predicted octanol–water partition coefficient (Wildman–Crippen LogP) is 6.58. The van der Waals surface area contributed by atoms with Crippen molar-refractivity contribution < 1.29 is 4.74 Å². The number of nitrogens with zero attached hydrogens (tertiary/aromatic N) is 1. The summed E-state index contributed by atoms with van der Waals surface area (Å²) in [5, 5.41) is 0. The third-order valence-electron chi connectivity index (χ3n) is 5.94. The molecular formula is C28H31NO. The quantitative estimate of drug-likeness (QED) is 0.425. The largest absolute Gasteiger partial charge is 0.497 e. The Morgan fingerprint density at radius 2 is 1.50 bits per heavy atom. The van der Waals surface area contributed by atoms with Gasteiger partial charge in [-0.05, 0) is 59.6 Å². The first-order valence-electron chi connectivity index (χ1n) is 11.0. The van der Waals surface area contributed by atoms with Crippen molar-refractivity contribution in [3.63, 3.8) is 0 Å². The molecule has 0 fully saturated rings. The Labute approximate surface area is 180 Å². The Hall–Kier alpha value is -2.84. The van der Waals surface area contributed by atoms with Gasteiger partial charge in [0.15, 0.2) is 0 Å². The van der Waals surface area contributed by atoms with Crippen molar-refractivity contribution in [2.45, 2.75) is 32.4 Å². The van der Waals surface area contributed by atoms with Crippen LogP contribution in [0.15, 0.2) is 91.0 Å². The molecule has 3 aromatic carbocycles. The fourth-order valence-electron chi connectivity index (χ4n) is 4.47. The first-order chi connectivity index (χ1) is 14.8. The van der Waals surface area contributed by atoms with Crippen molar-refractivity contribution in [3.05, 3.63) is 108 Å².